The molecule has 178 valence electrons. The van der Waals surface area contributed by atoms with Crippen molar-refractivity contribution in [3.8, 4) is 16.8 Å². The number of fused-ring (bicyclic) bond motifs is 2. The second kappa shape index (κ2) is 8.84. The number of para-hydroxylation sites is 1. The highest BCUT2D eigenvalue weighted by atomic mass is 32.1. The molecule has 0 amide bonds. The smallest absolute Gasteiger partial charge is 0.263 e. The molecule has 4 aromatic heterocycles. The normalized spacial score (nSPS) is 12.4. The third kappa shape index (κ3) is 3.63. The largest absolute Gasteiger partial charge is 0.280 e. The molecule has 0 saturated heterocycles. The van der Waals surface area contributed by atoms with E-state index in [1.54, 1.807) is 11.3 Å². The Morgan fingerprint density at radius 1 is 1.00 bits per heavy atom. The van der Waals surface area contributed by atoms with E-state index < -0.39 is 0 Å². The summed E-state index contributed by atoms with van der Waals surface area (Å²) in [6.45, 7) is 4.18. The Balaban J connectivity index is 1.59. The van der Waals surface area contributed by atoms with Crippen LogP contribution in [0.15, 0.2) is 83.4 Å². The van der Waals surface area contributed by atoms with Crippen LogP contribution in [-0.4, -0.2) is 24.3 Å². The average molecular weight is 492 g/mol. The Morgan fingerprint density at radius 2 is 1.83 bits per heavy atom. The number of pyridine rings is 2. The van der Waals surface area contributed by atoms with Crippen molar-refractivity contribution in [3.05, 3.63) is 106 Å². The van der Waals surface area contributed by atoms with Crippen LogP contribution in [-0.2, 0) is 13.5 Å². The van der Waals surface area contributed by atoms with Gasteiger partial charge in [0, 0.05) is 41.8 Å². The Labute approximate surface area is 212 Å². The molecule has 0 N–H and O–H groups in total. The van der Waals surface area contributed by atoms with Gasteiger partial charge in [0.25, 0.3) is 5.56 Å². The van der Waals surface area contributed by atoms with E-state index in [9.17, 15) is 4.79 Å². The predicted octanol–water partition coefficient (Wildman–Crippen LogP) is 6.05. The molecule has 2 aromatic carbocycles. The van der Waals surface area contributed by atoms with E-state index in [2.05, 4.69) is 28.1 Å². The topological polar surface area (TPSA) is 65.6 Å². The number of nitrogens with zero attached hydrogens (tertiary/aromatic N) is 5. The van der Waals surface area contributed by atoms with Gasteiger partial charge in [0.05, 0.1) is 27.5 Å². The van der Waals surface area contributed by atoms with Gasteiger partial charge in [0.15, 0.2) is 0 Å². The molecule has 6 nitrogen and oxygen atoms in total. The molecular weight excluding hydrogens is 466 g/mol. The van der Waals surface area contributed by atoms with Crippen molar-refractivity contribution in [3.63, 3.8) is 0 Å². The van der Waals surface area contributed by atoms with Crippen LogP contribution in [0, 0.1) is 6.92 Å². The van der Waals surface area contributed by atoms with Crippen LogP contribution in [0.25, 0.3) is 37.8 Å². The molecule has 0 aliphatic heterocycles. The summed E-state index contributed by atoms with van der Waals surface area (Å²) >= 11 is 1.62. The third-order valence-electron chi connectivity index (χ3n) is 6.94. The monoisotopic (exact) mass is 491 g/mol. The maximum atomic E-state index is 14.3. The van der Waals surface area contributed by atoms with E-state index in [0.29, 0.717) is 11.8 Å². The first-order valence-corrected chi connectivity index (χ1v) is 12.8. The van der Waals surface area contributed by atoms with Gasteiger partial charge in [-0.2, -0.15) is 5.10 Å². The molecule has 0 spiro atoms. The summed E-state index contributed by atoms with van der Waals surface area (Å²) in [6.07, 6.45) is 4.36. The zero-order valence-corrected chi connectivity index (χ0v) is 21.2. The summed E-state index contributed by atoms with van der Waals surface area (Å²) < 4.78 is 4.83. The van der Waals surface area contributed by atoms with Crippen molar-refractivity contribution in [1.82, 2.24) is 24.3 Å². The molecular formula is C29H25N5OS. The molecule has 0 bridgehead atoms. The lowest BCUT2D eigenvalue weighted by Gasteiger charge is -2.21. The number of aryl methyl sites for hydroxylation is 1. The quantitative estimate of drug-likeness (QED) is 0.294. The summed E-state index contributed by atoms with van der Waals surface area (Å²) in [4.78, 5) is 23.5. The van der Waals surface area contributed by atoms with Gasteiger partial charge < -0.3 is 0 Å². The van der Waals surface area contributed by atoms with Crippen LogP contribution < -0.4 is 5.56 Å². The highest BCUT2D eigenvalue weighted by Gasteiger charge is 2.21. The molecule has 0 aliphatic carbocycles. The van der Waals surface area contributed by atoms with Crippen LogP contribution in [0.1, 0.15) is 29.9 Å². The Bertz CT molecular complexity index is 1780. The Kier molecular flexibility index (Phi) is 5.49. The maximum Gasteiger partial charge on any atom is 0.263 e. The van der Waals surface area contributed by atoms with Gasteiger partial charge in [0.1, 0.15) is 5.52 Å². The highest BCUT2D eigenvalue weighted by Crippen LogP contribution is 2.32. The first-order chi connectivity index (χ1) is 17.5. The van der Waals surface area contributed by atoms with Gasteiger partial charge >= 0.3 is 0 Å². The molecule has 0 unspecified atom stereocenters. The first kappa shape index (κ1) is 22.4. The van der Waals surface area contributed by atoms with E-state index >= 15 is 0 Å². The summed E-state index contributed by atoms with van der Waals surface area (Å²) in [6, 6.07) is 20.1. The molecule has 7 heteroatoms. The van der Waals surface area contributed by atoms with Gasteiger partial charge in [-0.25, -0.2) is 4.98 Å². The van der Waals surface area contributed by atoms with Gasteiger partial charge in [-0.1, -0.05) is 43.3 Å². The number of hydrogen-bond donors (Lipinski definition) is 0. The van der Waals surface area contributed by atoms with Gasteiger partial charge in [-0.05, 0) is 48.6 Å². The van der Waals surface area contributed by atoms with Crippen molar-refractivity contribution < 1.29 is 0 Å². The van der Waals surface area contributed by atoms with Crippen molar-refractivity contribution in [2.75, 3.05) is 0 Å². The number of aromatic nitrogens is 5. The lowest BCUT2D eigenvalue weighted by Crippen LogP contribution is -2.24. The third-order valence-corrected chi connectivity index (χ3v) is 7.74. The van der Waals surface area contributed by atoms with Crippen molar-refractivity contribution >= 4 is 32.3 Å². The lowest BCUT2D eigenvalue weighted by molar-refractivity contribution is 0.688. The Morgan fingerprint density at radius 3 is 2.61 bits per heavy atom. The molecule has 1 atom stereocenters. The predicted molar refractivity (Wildman–Crippen MR) is 146 cm³/mol. The molecule has 4 heterocycles. The minimum absolute atomic E-state index is 0.0285. The number of benzene rings is 2. The number of hydrogen-bond acceptors (Lipinski definition) is 5. The molecule has 6 rings (SSSR count). The van der Waals surface area contributed by atoms with Crippen molar-refractivity contribution in [2.45, 2.75) is 26.2 Å². The second-order valence-corrected chi connectivity index (χ2v) is 10.0. The van der Waals surface area contributed by atoms with Gasteiger partial charge in [0.2, 0.25) is 0 Å². The fourth-order valence-corrected chi connectivity index (χ4v) is 5.66. The first-order valence-electron chi connectivity index (χ1n) is 11.9. The zero-order valence-electron chi connectivity index (χ0n) is 20.3. The molecule has 0 aliphatic rings. The fourth-order valence-electron chi connectivity index (χ4n) is 4.97. The van der Waals surface area contributed by atoms with E-state index in [-0.39, 0.29) is 11.5 Å². The molecule has 0 saturated carbocycles. The average Bonchev–Trinajstić information content (AvgIpc) is 3.51. The number of thiazole rings is 1. The van der Waals surface area contributed by atoms with Crippen LogP contribution in [0.3, 0.4) is 0 Å². The molecule has 36 heavy (non-hydrogen) atoms. The van der Waals surface area contributed by atoms with Gasteiger partial charge in [-0.15, -0.1) is 11.3 Å². The highest BCUT2D eigenvalue weighted by molar-refractivity contribution is 7.16. The molecule has 6 aromatic rings. The minimum Gasteiger partial charge on any atom is -0.280 e. The second-order valence-electron chi connectivity index (χ2n) is 9.14. The van der Waals surface area contributed by atoms with Crippen LogP contribution >= 0.6 is 11.3 Å². The standard InChI is InChI=1S/C29H25N5OS/c1-18(14-24-28-26(12-13-30-24)36-17-31-28)25-15-20-8-7-11-22(23-16-32-33(3)19(23)2)27(20)29(35)34(25)21-9-5-4-6-10-21/h4-13,15-18H,14H2,1-3H3/t18-/m1/s1. The van der Waals surface area contributed by atoms with E-state index in [1.807, 2.05) is 95.7 Å². The van der Waals surface area contributed by atoms with E-state index in [1.165, 1.54) is 0 Å². The summed E-state index contributed by atoms with van der Waals surface area (Å²) in [5.41, 5.74) is 8.43. The Hall–Kier alpha value is -4.10. The van der Waals surface area contributed by atoms with Gasteiger partial charge in [-0.3, -0.25) is 19.0 Å². The summed E-state index contributed by atoms with van der Waals surface area (Å²) in [5.74, 6) is 0.0332. The summed E-state index contributed by atoms with van der Waals surface area (Å²) in [5, 5.41) is 6.05. The molecule has 0 radical (unpaired) electrons. The minimum atomic E-state index is -0.0285. The van der Waals surface area contributed by atoms with Crippen LogP contribution in [0.5, 0.6) is 0 Å². The van der Waals surface area contributed by atoms with Crippen molar-refractivity contribution in [2.24, 2.45) is 7.05 Å². The zero-order chi connectivity index (χ0) is 24.8. The number of rotatable bonds is 5. The van der Waals surface area contributed by atoms with Crippen LogP contribution in [0.2, 0.25) is 0 Å². The van der Waals surface area contributed by atoms with E-state index in [4.69, 9.17) is 0 Å². The molecule has 0 fully saturated rings. The summed E-state index contributed by atoms with van der Waals surface area (Å²) in [7, 11) is 1.92. The van der Waals surface area contributed by atoms with Crippen LogP contribution in [0.4, 0.5) is 0 Å². The fraction of sp³-hybridized carbons (Fsp3) is 0.172. The maximum absolute atomic E-state index is 14.3. The van der Waals surface area contributed by atoms with E-state index in [0.717, 1.165) is 49.5 Å². The SMILES string of the molecule is Cc1c(-c2cccc3cc([C@H](C)Cc4nccc5scnc45)n(-c4ccccc4)c(=O)c23)cnn1C. The van der Waals surface area contributed by atoms with Crippen molar-refractivity contribution in [1.29, 1.82) is 0 Å². The lowest BCUT2D eigenvalue weighted by atomic mass is 9.94.